The zero-order chi connectivity index (χ0) is 18.7. The van der Waals surface area contributed by atoms with Gasteiger partial charge in [0.25, 0.3) is 0 Å². The van der Waals surface area contributed by atoms with E-state index < -0.39 is 4.92 Å². The van der Waals surface area contributed by atoms with Gasteiger partial charge in [0.05, 0.1) is 12.0 Å². The number of nitrogens with zero attached hydrogens (tertiary/aromatic N) is 4. The number of hydrogen-bond acceptors (Lipinski definition) is 8. The van der Waals surface area contributed by atoms with Gasteiger partial charge in [0.1, 0.15) is 5.75 Å². The molecular weight excluding hydrogens is 336 g/mol. The normalized spacial score (nSPS) is 17.0. The number of ether oxygens (including phenoxy) is 1. The average Bonchev–Trinajstić information content (AvgIpc) is 2.61. The van der Waals surface area contributed by atoms with Gasteiger partial charge >= 0.3 is 5.69 Å². The molecule has 9 heteroatoms. The van der Waals surface area contributed by atoms with Crippen LogP contribution in [0.15, 0.2) is 24.3 Å². The molecule has 1 fully saturated rings. The molecule has 2 heterocycles. The zero-order valence-electron chi connectivity index (χ0n) is 14.8. The molecule has 2 aromatic rings. The highest BCUT2D eigenvalue weighted by Gasteiger charge is 2.26. The quantitative estimate of drug-likeness (QED) is 0.618. The van der Waals surface area contributed by atoms with Gasteiger partial charge in [-0.25, -0.2) is 0 Å². The highest BCUT2D eigenvalue weighted by Crippen LogP contribution is 2.33. The molecular formula is C17H22N6O3. The van der Waals surface area contributed by atoms with Crippen LogP contribution >= 0.6 is 0 Å². The van der Waals surface area contributed by atoms with Crippen LogP contribution in [0.5, 0.6) is 5.75 Å². The van der Waals surface area contributed by atoms with Crippen molar-refractivity contribution in [1.82, 2.24) is 9.97 Å². The van der Waals surface area contributed by atoms with Crippen LogP contribution < -0.4 is 20.7 Å². The number of benzene rings is 1. The number of methoxy groups -OCH3 is 1. The zero-order valence-corrected chi connectivity index (χ0v) is 14.8. The van der Waals surface area contributed by atoms with Crippen LogP contribution in [0.3, 0.4) is 0 Å². The first-order valence-corrected chi connectivity index (χ1v) is 8.46. The minimum Gasteiger partial charge on any atom is -0.497 e. The van der Waals surface area contributed by atoms with E-state index in [4.69, 9.17) is 10.5 Å². The number of anilines is 4. The molecule has 0 saturated carbocycles. The molecule has 1 atom stereocenters. The number of rotatable bonds is 5. The van der Waals surface area contributed by atoms with Gasteiger partial charge in [-0.15, -0.1) is 0 Å². The molecule has 1 saturated heterocycles. The fourth-order valence-corrected chi connectivity index (χ4v) is 3.05. The highest BCUT2D eigenvalue weighted by molar-refractivity contribution is 5.74. The largest absolute Gasteiger partial charge is 0.497 e. The monoisotopic (exact) mass is 358 g/mol. The van der Waals surface area contributed by atoms with E-state index in [2.05, 4.69) is 22.2 Å². The third-order valence-corrected chi connectivity index (χ3v) is 4.37. The Kier molecular flexibility index (Phi) is 5.06. The Labute approximate surface area is 151 Å². The van der Waals surface area contributed by atoms with Crippen molar-refractivity contribution >= 4 is 29.0 Å². The average molecular weight is 358 g/mol. The second-order valence-electron chi connectivity index (χ2n) is 6.41. The molecule has 1 aromatic heterocycles. The molecule has 0 radical (unpaired) electrons. The molecule has 138 valence electrons. The van der Waals surface area contributed by atoms with E-state index in [1.807, 2.05) is 4.90 Å². The third-order valence-electron chi connectivity index (χ3n) is 4.37. The van der Waals surface area contributed by atoms with Gasteiger partial charge in [-0.2, -0.15) is 9.97 Å². The minimum atomic E-state index is -0.566. The van der Waals surface area contributed by atoms with E-state index in [1.165, 1.54) is 0 Å². The smallest absolute Gasteiger partial charge is 0.353 e. The van der Waals surface area contributed by atoms with Crippen molar-refractivity contribution < 1.29 is 9.66 Å². The van der Waals surface area contributed by atoms with Gasteiger partial charge < -0.3 is 20.7 Å². The SMILES string of the molecule is COc1ccc(Nc2nc(N3CCCC(C)C3)nc(N)c2[N+](=O)[O-])cc1. The molecule has 1 unspecified atom stereocenters. The van der Waals surface area contributed by atoms with Crippen LogP contribution in [0.4, 0.5) is 29.0 Å². The summed E-state index contributed by atoms with van der Waals surface area (Å²) < 4.78 is 5.12. The van der Waals surface area contributed by atoms with Crippen molar-refractivity contribution in [3.8, 4) is 5.75 Å². The number of nitrogens with two attached hydrogens (primary N) is 1. The van der Waals surface area contributed by atoms with Crippen LogP contribution in [-0.2, 0) is 0 Å². The fourth-order valence-electron chi connectivity index (χ4n) is 3.05. The van der Waals surface area contributed by atoms with E-state index in [9.17, 15) is 10.1 Å². The number of aromatic nitrogens is 2. The number of hydrogen-bond donors (Lipinski definition) is 2. The lowest BCUT2D eigenvalue weighted by Gasteiger charge is -2.31. The lowest BCUT2D eigenvalue weighted by molar-refractivity contribution is -0.383. The summed E-state index contributed by atoms with van der Waals surface area (Å²) in [5, 5.41) is 14.4. The Morgan fingerprint density at radius 2 is 2.08 bits per heavy atom. The minimum absolute atomic E-state index is 0.0842. The first kappa shape index (κ1) is 17.7. The van der Waals surface area contributed by atoms with Crippen molar-refractivity contribution in [3.05, 3.63) is 34.4 Å². The number of piperidine rings is 1. The Hall–Kier alpha value is -3.10. The highest BCUT2D eigenvalue weighted by atomic mass is 16.6. The Balaban J connectivity index is 1.96. The summed E-state index contributed by atoms with van der Waals surface area (Å²) in [6.07, 6.45) is 2.18. The molecule has 0 amide bonds. The molecule has 9 nitrogen and oxygen atoms in total. The summed E-state index contributed by atoms with van der Waals surface area (Å²) >= 11 is 0. The summed E-state index contributed by atoms with van der Waals surface area (Å²) in [4.78, 5) is 21.5. The van der Waals surface area contributed by atoms with Crippen LogP contribution in [0.2, 0.25) is 0 Å². The van der Waals surface area contributed by atoms with Crippen molar-refractivity contribution in [3.63, 3.8) is 0 Å². The summed E-state index contributed by atoms with van der Waals surface area (Å²) in [6.45, 7) is 3.78. The standard InChI is InChI=1S/C17H22N6O3/c1-11-4-3-9-22(10-11)17-20-15(18)14(23(24)25)16(21-17)19-12-5-7-13(26-2)8-6-12/h5-8,11H,3-4,9-10H2,1-2H3,(H3,18,19,20,21). The van der Waals surface area contributed by atoms with Crippen molar-refractivity contribution in [2.24, 2.45) is 5.92 Å². The second-order valence-corrected chi connectivity index (χ2v) is 6.41. The molecule has 0 aliphatic carbocycles. The summed E-state index contributed by atoms with van der Waals surface area (Å²) in [5.74, 6) is 1.56. The van der Waals surface area contributed by atoms with Crippen molar-refractivity contribution in [1.29, 1.82) is 0 Å². The molecule has 0 spiro atoms. The maximum absolute atomic E-state index is 11.4. The molecule has 3 N–H and O–H groups in total. The molecule has 26 heavy (non-hydrogen) atoms. The molecule has 3 rings (SSSR count). The maximum atomic E-state index is 11.4. The maximum Gasteiger partial charge on any atom is 0.353 e. The Bertz CT molecular complexity index is 796. The van der Waals surface area contributed by atoms with E-state index in [0.717, 1.165) is 25.9 Å². The van der Waals surface area contributed by atoms with Gasteiger partial charge in [0.15, 0.2) is 0 Å². The predicted octanol–water partition coefficient (Wildman–Crippen LogP) is 2.96. The van der Waals surface area contributed by atoms with Crippen molar-refractivity contribution in [2.75, 3.05) is 36.1 Å². The van der Waals surface area contributed by atoms with Crippen LogP contribution in [0.25, 0.3) is 0 Å². The molecule has 1 aliphatic heterocycles. The van der Waals surface area contributed by atoms with Crippen LogP contribution in [0.1, 0.15) is 19.8 Å². The van der Waals surface area contributed by atoms with Crippen LogP contribution in [-0.4, -0.2) is 35.1 Å². The van der Waals surface area contributed by atoms with E-state index >= 15 is 0 Å². The van der Waals surface area contributed by atoms with Gasteiger partial charge in [0.2, 0.25) is 17.6 Å². The predicted molar refractivity (Wildman–Crippen MR) is 100.0 cm³/mol. The van der Waals surface area contributed by atoms with Gasteiger partial charge in [-0.05, 0) is 43.0 Å². The molecule has 1 aromatic carbocycles. The second kappa shape index (κ2) is 7.42. The van der Waals surface area contributed by atoms with Gasteiger partial charge in [-0.1, -0.05) is 6.92 Å². The first-order chi connectivity index (χ1) is 12.5. The first-order valence-electron chi connectivity index (χ1n) is 8.46. The summed E-state index contributed by atoms with van der Waals surface area (Å²) in [7, 11) is 1.57. The van der Waals surface area contributed by atoms with Gasteiger partial charge in [0, 0.05) is 18.8 Å². The Morgan fingerprint density at radius 3 is 2.69 bits per heavy atom. The topological polar surface area (TPSA) is 119 Å². The van der Waals surface area contributed by atoms with Crippen LogP contribution in [0, 0.1) is 16.0 Å². The summed E-state index contributed by atoms with van der Waals surface area (Å²) in [6, 6.07) is 7.02. The van der Waals surface area contributed by atoms with Crippen molar-refractivity contribution in [2.45, 2.75) is 19.8 Å². The number of nitrogens with one attached hydrogen (secondary N) is 1. The van der Waals surface area contributed by atoms with E-state index in [0.29, 0.717) is 23.3 Å². The number of nitrogen functional groups attached to an aromatic ring is 1. The molecule has 1 aliphatic rings. The van der Waals surface area contributed by atoms with E-state index in [1.54, 1.807) is 31.4 Å². The number of nitro groups is 1. The fraction of sp³-hybridized carbons (Fsp3) is 0.412. The van der Waals surface area contributed by atoms with E-state index in [-0.39, 0.29) is 17.3 Å². The summed E-state index contributed by atoms with van der Waals surface area (Å²) in [5.41, 5.74) is 6.20. The van der Waals surface area contributed by atoms with Gasteiger partial charge in [-0.3, -0.25) is 10.1 Å². The lowest BCUT2D eigenvalue weighted by atomic mass is 10.0. The lowest BCUT2D eigenvalue weighted by Crippen LogP contribution is -2.35. The third kappa shape index (κ3) is 3.76. The Morgan fingerprint density at radius 1 is 1.35 bits per heavy atom. The molecule has 0 bridgehead atoms.